The zero-order valence-electron chi connectivity index (χ0n) is 27.3. The number of nitrogen functional groups attached to an aromatic ring is 1. The average molecular weight is 721 g/mol. The number of carboxylic acids is 1. The lowest BCUT2D eigenvalue weighted by Gasteiger charge is -2.23. The summed E-state index contributed by atoms with van der Waals surface area (Å²) in [5.74, 6) is -2.74. The molecular weight excluding hydrogens is 684 g/mol. The van der Waals surface area contributed by atoms with Gasteiger partial charge in [-0.2, -0.15) is 13.2 Å². The number of aromatic nitrogens is 1. The van der Waals surface area contributed by atoms with E-state index in [1.165, 1.54) is 12.3 Å². The number of halogens is 4. The SMILES string of the molecule is CCOc1cc(C(Nc2cc(F)c3c(N)nccc3c2)C(=O)NCc2ccccc2S(=O)(=O)C2CC2)ccc1OC(C)C.O=C(O)C(F)(F)F. The van der Waals surface area contributed by atoms with Crippen molar-refractivity contribution in [1.82, 2.24) is 10.3 Å². The first-order valence-electron chi connectivity index (χ1n) is 15.5. The van der Waals surface area contributed by atoms with Crippen LogP contribution < -0.4 is 25.8 Å². The number of fused-ring (bicyclic) bond motifs is 1. The number of carboxylic acid groups (broad SMARTS) is 1. The standard InChI is InChI=1S/C32H35FN4O5S.C2HF3O2/c1-4-41-27-16-21(9-12-26(27)42-19(2)3)30(37-23-15-20-13-14-35-31(34)29(20)25(33)17-23)32(38)36-18-22-7-5-6-8-28(22)43(39,40)24-10-11-24;3-2(4,5)1(6)7/h5-9,12-17,19,24,30,37H,4,10-11,18H2,1-3H3,(H2,34,35)(H,36,38);(H,6,7). The van der Waals surface area contributed by atoms with Gasteiger partial charge >= 0.3 is 12.1 Å². The fourth-order valence-corrected chi connectivity index (χ4v) is 6.83. The number of nitrogens with one attached hydrogen (secondary N) is 2. The summed E-state index contributed by atoms with van der Waals surface area (Å²) in [5, 5.41) is 13.5. The number of sulfone groups is 1. The highest BCUT2D eigenvalue weighted by atomic mass is 32.2. The molecule has 1 amide bonds. The Hall–Kier alpha value is -5.12. The number of benzene rings is 3. The predicted octanol–water partition coefficient (Wildman–Crippen LogP) is 6.18. The Bertz CT molecular complexity index is 1970. The second-order valence-electron chi connectivity index (χ2n) is 11.5. The van der Waals surface area contributed by atoms with Gasteiger partial charge in [0.15, 0.2) is 21.3 Å². The molecule has 5 N–H and O–H groups in total. The van der Waals surface area contributed by atoms with Gasteiger partial charge in [0.25, 0.3) is 0 Å². The molecule has 0 spiro atoms. The van der Waals surface area contributed by atoms with E-state index in [2.05, 4.69) is 15.6 Å². The third kappa shape index (κ3) is 9.31. The number of ether oxygens (including phenoxy) is 2. The zero-order valence-corrected chi connectivity index (χ0v) is 28.1. The van der Waals surface area contributed by atoms with Crippen LogP contribution in [-0.2, 0) is 26.0 Å². The number of anilines is 2. The summed E-state index contributed by atoms with van der Waals surface area (Å²) in [4.78, 5) is 26.9. The Balaban J connectivity index is 0.000000727. The molecule has 1 saturated carbocycles. The van der Waals surface area contributed by atoms with Crippen molar-refractivity contribution in [3.63, 3.8) is 0 Å². The second-order valence-corrected chi connectivity index (χ2v) is 13.7. The van der Waals surface area contributed by atoms with E-state index in [-0.39, 0.29) is 34.0 Å². The molecule has 1 aliphatic rings. The molecule has 0 bridgehead atoms. The number of aliphatic carboxylic acids is 1. The quantitative estimate of drug-likeness (QED) is 0.124. The maximum Gasteiger partial charge on any atom is 0.490 e. The summed E-state index contributed by atoms with van der Waals surface area (Å²) in [7, 11) is -3.48. The molecule has 3 aromatic carbocycles. The fourth-order valence-electron chi connectivity index (χ4n) is 4.94. The van der Waals surface area contributed by atoms with Crippen LogP contribution in [0.1, 0.15) is 50.8 Å². The van der Waals surface area contributed by atoms with Gasteiger partial charge in [0.05, 0.1) is 28.2 Å². The summed E-state index contributed by atoms with van der Waals surface area (Å²) in [5.41, 5.74) is 7.27. The monoisotopic (exact) mass is 720 g/mol. The summed E-state index contributed by atoms with van der Waals surface area (Å²) in [6, 6.07) is 15.4. The van der Waals surface area contributed by atoms with E-state index in [1.807, 2.05) is 20.8 Å². The molecule has 1 unspecified atom stereocenters. The topological polar surface area (TPSA) is 170 Å². The Labute approximate surface area is 285 Å². The molecule has 1 atom stereocenters. The molecule has 11 nitrogen and oxygen atoms in total. The Kier molecular flexibility index (Phi) is 11.8. The molecule has 0 aliphatic heterocycles. The van der Waals surface area contributed by atoms with Gasteiger partial charge in [-0.15, -0.1) is 0 Å². The van der Waals surface area contributed by atoms with Gasteiger partial charge in [-0.1, -0.05) is 24.3 Å². The van der Waals surface area contributed by atoms with E-state index in [9.17, 15) is 26.4 Å². The fraction of sp³-hybridized carbons (Fsp3) is 0.324. The number of nitrogens with zero attached hydrogens (tertiary/aromatic N) is 1. The molecular formula is C34H36F4N4O7S. The lowest BCUT2D eigenvalue weighted by atomic mass is 10.0. The average Bonchev–Trinajstić information content (AvgIpc) is 3.90. The van der Waals surface area contributed by atoms with Crippen LogP contribution >= 0.6 is 0 Å². The number of carbonyl (C=O) groups is 2. The van der Waals surface area contributed by atoms with Crippen LogP contribution in [0.3, 0.4) is 0 Å². The molecule has 268 valence electrons. The highest BCUT2D eigenvalue weighted by Gasteiger charge is 2.39. The summed E-state index contributed by atoms with van der Waals surface area (Å²) < 4.78 is 84.7. The largest absolute Gasteiger partial charge is 0.490 e. The lowest BCUT2D eigenvalue weighted by Crippen LogP contribution is -2.33. The van der Waals surface area contributed by atoms with Gasteiger partial charge in [-0.05, 0) is 86.5 Å². The van der Waals surface area contributed by atoms with E-state index in [0.29, 0.717) is 53.1 Å². The number of alkyl halides is 3. The number of carbonyl (C=O) groups excluding carboxylic acids is 1. The van der Waals surface area contributed by atoms with Gasteiger partial charge in [0.2, 0.25) is 5.91 Å². The molecule has 0 radical (unpaired) electrons. The van der Waals surface area contributed by atoms with Crippen LogP contribution in [-0.4, -0.2) is 54.5 Å². The van der Waals surface area contributed by atoms with Crippen LogP contribution in [0.15, 0.2) is 71.8 Å². The van der Waals surface area contributed by atoms with Crippen molar-refractivity contribution in [2.75, 3.05) is 17.7 Å². The highest BCUT2D eigenvalue weighted by molar-refractivity contribution is 7.92. The summed E-state index contributed by atoms with van der Waals surface area (Å²) in [6.45, 7) is 6.01. The number of rotatable bonds is 12. The van der Waals surface area contributed by atoms with Crippen molar-refractivity contribution in [2.45, 2.75) is 68.6 Å². The van der Waals surface area contributed by atoms with Crippen molar-refractivity contribution in [1.29, 1.82) is 0 Å². The van der Waals surface area contributed by atoms with Crippen molar-refractivity contribution in [2.24, 2.45) is 0 Å². The number of nitrogens with two attached hydrogens (primary N) is 1. The first kappa shape index (κ1) is 37.7. The van der Waals surface area contributed by atoms with Crippen LogP contribution in [0.5, 0.6) is 11.5 Å². The van der Waals surface area contributed by atoms with Gasteiger partial charge < -0.3 is 30.9 Å². The predicted molar refractivity (Wildman–Crippen MR) is 178 cm³/mol. The van der Waals surface area contributed by atoms with Crippen LogP contribution in [0, 0.1) is 5.82 Å². The molecule has 50 heavy (non-hydrogen) atoms. The normalized spacial score (nSPS) is 13.6. The van der Waals surface area contributed by atoms with E-state index >= 15 is 4.39 Å². The maximum atomic E-state index is 15.1. The lowest BCUT2D eigenvalue weighted by molar-refractivity contribution is -0.192. The van der Waals surface area contributed by atoms with Gasteiger partial charge in [0, 0.05) is 18.4 Å². The number of amides is 1. The Morgan fingerprint density at radius 1 is 1.06 bits per heavy atom. The van der Waals surface area contributed by atoms with E-state index in [0.717, 1.165) is 0 Å². The first-order valence-corrected chi connectivity index (χ1v) is 17.0. The van der Waals surface area contributed by atoms with Crippen molar-refractivity contribution in [3.8, 4) is 11.5 Å². The summed E-state index contributed by atoms with van der Waals surface area (Å²) in [6.07, 6.45) is -2.42. The Morgan fingerprint density at radius 3 is 2.36 bits per heavy atom. The van der Waals surface area contributed by atoms with Crippen LogP contribution in [0.2, 0.25) is 0 Å². The molecule has 16 heteroatoms. The van der Waals surface area contributed by atoms with Gasteiger partial charge in [-0.25, -0.2) is 22.6 Å². The molecule has 5 rings (SSSR count). The first-order chi connectivity index (χ1) is 23.5. The smallest absolute Gasteiger partial charge is 0.490 e. The number of hydrogen-bond acceptors (Lipinski definition) is 9. The minimum atomic E-state index is -5.08. The molecule has 1 aromatic heterocycles. The molecule has 1 fully saturated rings. The molecule has 1 heterocycles. The van der Waals surface area contributed by atoms with E-state index in [1.54, 1.807) is 54.6 Å². The number of hydrogen-bond donors (Lipinski definition) is 4. The third-order valence-corrected chi connectivity index (χ3v) is 9.68. The van der Waals surface area contributed by atoms with E-state index in [4.69, 9.17) is 25.1 Å². The second kappa shape index (κ2) is 15.6. The van der Waals surface area contributed by atoms with Gasteiger partial charge in [-0.3, -0.25) is 4.79 Å². The summed E-state index contributed by atoms with van der Waals surface area (Å²) >= 11 is 0. The molecule has 4 aromatic rings. The minimum absolute atomic E-state index is 0.0136. The maximum absolute atomic E-state index is 15.1. The Morgan fingerprint density at radius 2 is 1.74 bits per heavy atom. The van der Waals surface area contributed by atoms with Crippen molar-refractivity contribution < 1.29 is 50.1 Å². The van der Waals surface area contributed by atoms with E-state index < -0.39 is 39.7 Å². The van der Waals surface area contributed by atoms with Crippen molar-refractivity contribution in [3.05, 3.63) is 83.8 Å². The van der Waals surface area contributed by atoms with Crippen molar-refractivity contribution >= 4 is 44.0 Å². The molecule has 1 aliphatic carbocycles. The third-order valence-electron chi connectivity index (χ3n) is 7.32. The van der Waals surface area contributed by atoms with Gasteiger partial charge in [0.1, 0.15) is 17.7 Å². The zero-order chi connectivity index (χ0) is 36.8. The number of pyridine rings is 1. The van der Waals surface area contributed by atoms with Crippen LogP contribution in [0.4, 0.5) is 29.1 Å². The minimum Gasteiger partial charge on any atom is -0.490 e. The molecule has 0 saturated heterocycles. The highest BCUT2D eigenvalue weighted by Crippen LogP contribution is 2.36. The van der Waals surface area contributed by atoms with Crippen LogP contribution in [0.25, 0.3) is 10.8 Å².